The fourth-order valence-corrected chi connectivity index (χ4v) is 4.39. The van der Waals surface area contributed by atoms with Crippen LogP contribution in [0.4, 0.5) is 5.69 Å². The van der Waals surface area contributed by atoms with Crippen LogP contribution in [0.3, 0.4) is 0 Å². The number of ether oxygens (including phenoxy) is 1. The molecule has 26 heavy (non-hydrogen) atoms. The number of hydrogen-bond donors (Lipinski definition) is 0. The van der Waals surface area contributed by atoms with Crippen molar-refractivity contribution in [1.29, 1.82) is 0 Å². The summed E-state index contributed by atoms with van der Waals surface area (Å²) in [6.07, 6.45) is 0.863. The maximum Gasteiger partial charge on any atom is 0.230 e. The van der Waals surface area contributed by atoms with Gasteiger partial charge in [0.05, 0.1) is 7.11 Å². The second-order valence-corrected chi connectivity index (χ2v) is 8.40. The predicted octanol–water partition coefficient (Wildman–Crippen LogP) is 5.17. The SMILES string of the molecule is COc1ccc([C@@]2(C)CC(C)(C)N(C(=O)C(C)C)c3ccccc32)cc1. The van der Waals surface area contributed by atoms with Crippen LogP contribution in [0.1, 0.15) is 52.2 Å². The van der Waals surface area contributed by atoms with Crippen LogP contribution in [0.2, 0.25) is 0 Å². The van der Waals surface area contributed by atoms with Gasteiger partial charge in [0.15, 0.2) is 0 Å². The molecule has 0 saturated heterocycles. The highest BCUT2D eigenvalue weighted by Crippen LogP contribution is 2.50. The highest BCUT2D eigenvalue weighted by Gasteiger charge is 2.47. The molecule has 1 heterocycles. The topological polar surface area (TPSA) is 29.5 Å². The number of fused-ring (bicyclic) bond motifs is 1. The highest BCUT2D eigenvalue weighted by atomic mass is 16.5. The van der Waals surface area contributed by atoms with Crippen LogP contribution in [0.25, 0.3) is 0 Å². The van der Waals surface area contributed by atoms with Gasteiger partial charge >= 0.3 is 0 Å². The molecule has 0 radical (unpaired) electrons. The lowest BCUT2D eigenvalue weighted by atomic mass is 9.65. The summed E-state index contributed by atoms with van der Waals surface area (Å²) in [7, 11) is 1.69. The molecule has 0 unspecified atom stereocenters. The normalized spacial score (nSPS) is 21.4. The largest absolute Gasteiger partial charge is 0.497 e. The molecule has 1 aliphatic heterocycles. The van der Waals surface area contributed by atoms with Crippen LogP contribution in [0.5, 0.6) is 5.75 Å². The number of anilines is 1. The highest BCUT2D eigenvalue weighted by molar-refractivity contribution is 5.97. The summed E-state index contributed by atoms with van der Waals surface area (Å²) in [5.41, 5.74) is 3.04. The summed E-state index contributed by atoms with van der Waals surface area (Å²) in [6.45, 7) is 10.6. The smallest absolute Gasteiger partial charge is 0.230 e. The van der Waals surface area contributed by atoms with Crippen LogP contribution in [-0.2, 0) is 10.2 Å². The van der Waals surface area contributed by atoms with Crippen LogP contribution in [0, 0.1) is 5.92 Å². The van der Waals surface area contributed by atoms with Crippen molar-refractivity contribution < 1.29 is 9.53 Å². The van der Waals surface area contributed by atoms with E-state index in [0.29, 0.717) is 0 Å². The van der Waals surface area contributed by atoms with Gasteiger partial charge in [0, 0.05) is 22.6 Å². The van der Waals surface area contributed by atoms with E-state index in [0.717, 1.165) is 17.9 Å². The van der Waals surface area contributed by atoms with Gasteiger partial charge in [-0.3, -0.25) is 4.79 Å². The predicted molar refractivity (Wildman–Crippen MR) is 107 cm³/mol. The van der Waals surface area contributed by atoms with E-state index in [4.69, 9.17) is 4.74 Å². The Balaban J connectivity index is 2.19. The first-order chi connectivity index (χ1) is 12.2. The maximum absolute atomic E-state index is 13.0. The number of nitrogens with zero attached hydrogens (tertiary/aromatic N) is 1. The third kappa shape index (κ3) is 2.90. The lowest BCUT2D eigenvalue weighted by Gasteiger charge is -2.52. The number of carbonyl (C=O) groups is 1. The Morgan fingerprint density at radius 1 is 1.04 bits per heavy atom. The molecule has 0 spiro atoms. The number of methoxy groups -OCH3 is 1. The number of hydrogen-bond acceptors (Lipinski definition) is 2. The van der Waals surface area contributed by atoms with Gasteiger partial charge in [0.2, 0.25) is 5.91 Å². The van der Waals surface area contributed by atoms with Crippen molar-refractivity contribution in [1.82, 2.24) is 0 Å². The molecular weight excluding hydrogens is 322 g/mol. The number of benzene rings is 2. The van der Waals surface area contributed by atoms with Crippen LogP contribution >= 0.6 is 0 Å². The third-order valence-electron chi connectivity index (χ3n) is 5.57. The maximum atomic E-state index is 13.0. The third-order valence-corrected chi connectivity index (χ3v) is 5.57. The molecule has 0 bridgehead atoms. The molecule has 0 saturated carbocycles. The molecule has 1 atom stereocenters. The first-order valence-corrected chi connectivity index (χ1v) is 9.29. The van der Waals surface area contributed by atoms with Crippen LogP contribution in [0.15, 0.2) is 48.5 Å². The Morgan fingerprint density at radius 3 is 2.23 bits per heavy atom. The fraction of sp³-hybridized carbons (Fsp3) is 0.435. The monoisotopic (exact) mass is 351 g/mol. The molecule has 0 N–H and O–H groups in total. The van der Waals surface area contributed by atoms with E-state index in [1.54, 1.807) is 7.11 Å². The van der Waals surface area contributed by atoms with E-state index in [1.807, 2.05) is 36.9 Å². The molecular formula is C23H29NO2. The average molecular weight is 351 g/mol. The second-order valence-electron chi connectivity index (χ2n) is 8.40. The first kappa shape index (κ1) is 18.5. The molecule has 3 rings (SSSR count). The van der Waals surface area contributed by atoms with E-state index >= 15 is 0 Å². The van der Waals surface area contributed by atoms with Crippen molar-refractivity contribution in [3.05, 3.63) is 59.7 Å². The molecule has 0 fully saturated rings. The van der Waals surface area contributed by atoms with Gasteiger partial charge in [0.1, 0.15) is 5.75 Å². The Hall–Kier alpha value is -2.29. The summed E-state index contributed by atoms with van der Waals surface area (Å²) < 4.78 is 5.32. The number of carbonyl (C=O) groups excluding carboxylic acids is 1. The molecule has 3 heteroatoms. The van der Waals surface area contributed by atoms with Gasteiger partial charge < -0.3 is 9.64 Å². The minimum absolute atomic E-state index is 0.0346. The van der Waals surface area contributed by atoms with E-state index in [9.17, 15) is 4.79 Å². The summed E-state index contributed by atoms with van der Waals surface area (Å²) >= 11 is 0. The molecule has 0 aromatic heterocycles. The molecule has 1 amide bonds. The number of para-hydroxylation sites is 1. The zero-order valence-corrected chi connectivity index (χ0v) is 16.7. The Morgan fingerprint density at radius 2 is 1.65 bits per heavy atom. The van der Waals surface area contributed by atoms with Gasteiger partial charge in [-0.1, -0.05) is 51.1 Å². The Bertz CT molecular complexity index is 807. The van der Waals surface area contributed by atoms with E-state index in [2.05, 4.69) is 51.1 Å². The van der Waals surface area contributed by atoms with Crippen molar-refractivity contribution in [2.45, 2.75) is 52.0 Å². The second kappa shape index (κ2) is 6.46. The zero-order chi connectivity index (χ0) is 19.1. The van der Waals surface area contributed by atoms with E-state index in [1.165, 1.54) is 11.1 Å². The summed E-state index contributed by atoms with van der Waals surface area (Å²) in [4.78, 5) is 15.0. The van der Waals surface area contributed by atoms with E-state index in [-0.39, 0.29) is 22.8 Å². The molecule has 2 aromatic carbocycles. The van der Waals surface area contributed by atoms with Crippen molar-refractivity contribution in [2.75, 3.05) is 12.0 Å². The standard InChI is InChI=1S/C23H29NO2/c1-16(2)21(25)24-20-10-8-7-9-19(20)23(5,15-22(24,3)4)17-11-13-18(26-6)14-12-17/h7-14,16H,15H2,1-6H3/t23-/m1/s1. The van der Waals surface area contributed by atoms with E-state index < -0.39 is 0 Å². The van der Waals surface area contributed by atoms with Crippen molar-refractivity contribution in [2.24, 2.45) is 5.92 Å². The number of rotatable bonds is 3. The van der Waals surface area contributed by atoms with Gasteiger partial charge in [-0.15, -0.1) is 0 Å². The van der Waals surface area contributed by atoms with Crippen LogP contribution in [-0.4, -0.2) is 18.6 Å². The molecule has 3 nitrogen and oxygen atoms in total. The lowest BCUT2D eigenvalue weighted by Crippen LogP contribution is -2.56. The van der Waals surface area contributed by atoms with Crippen LogP contribution < -0.4 is 9.64 Å². The van der Waals surface area contributed by atoms with Gasteiger partial charge in [-0.2, -0.15) is 0 Å². The summed E-state index contributed by atoms with van der Waals surface area (Å²) in [5, 5.41) is 0. The van der Waals surface area contributed by atoms with Crippen molar-refractivity contribution in [3.63, 3.8) is 0 Å². The average Bonchev–Trinajstić information content (AvgIpc) is 2.61. The summed E-state index contributed by atoms with van der Waals surface area (Å²) in [6, 6.07) is 16.7. The molecule has 0 aliphatic carbocycles. The molecule has 1 aliphatic rings. The van der Waals surface area contributed by atoms with Gasteiger partial charge in [-0.25, -0.2) is 0 Å². The van der Waals surface area contributed by atoms with Crippen molar-refractivity contribution >= 4 is 11.6 Å². The molecule has 138 valence electrons. The zero-order valence-electron chi connectivity index (χ0n) is 16.7. The minimum Gasteiger partial charge on any atom is -0.497 e. The van der Waals surface area contributed by atoms with Gasteiger partial charge in [0.25, 0.3) is 0 Å². The fourth-order valence-electron chi connectivity index (χ4n) is 4.39. The Labute approximate surface area is 157 Å². The first-order valence-electron chi connectivity index (χ1n) is 9.29. The van der Waals surface area contributed by atoms with Crippen molar-refractivity contribution in [3.8, 4) is 5.75 Å². The summed E-state index contributed by atoms with van der Waals surface area (Å²) in [5.74, 6) is 1.00. The van der Waals surface area contributed by atoms with Gasteiger partial charge in [-0.05, 0) is 49.6 Å². The Kier molecular flexibility index (Phi) is 4.60. The lowest BCUT2D eigenvalue weighted by molar-refractivity contribution is -0.122. The number of amides is 1. The molecule has 2 aromatic rings. The quantitative estimate of drug-likeness (QED) is 0.763. The minimum atomic E-state index is -0.273.